The van der Waals surface area contributed by atoms with Gasteiger partial charge in [-0.3, -0.25) is 9.13 Å². The highest BCUT2D eigenvalue weighted by Crippen LogP contribution is 2.43. The van der Waals surface area contributed by atoms with Crippen LogP contribution in [-0.4, -0.2) is 52.5 Å². The first kappa shape index (κ1) is 38.9. The average Bonchev–Trinajstić information content (AvgIpc) is 4.20. The summed E-state index contributed by atoms with van der Waals surface area (Å²) in [5, 5.41) is 5.72. The maximum Gasteiger partial charge on any atom is 0.573 e. The third-order valence-electron chi connectivity index (χ3n) is 9.89. The predicted molar refractivity (Wildman–Crippen MR) is 219 cm³/mol. The summed E-state index contributed by atoms with van der Waals surface area (Å²) in [4.78, 5) is 26.5. The van der Waals surface area contributed by atoms with Gasteiger partial charge in [0.2, 0.25) is 23.5 Å². The van der Waals surface area contributed by atoms with E-state index in [1.165, 1.54) is 12.1 Å². The second kappa shape index (κ2) is 15.6. The lowest BCUT2D eigenvalue weighted by Crippen LogP contribution is -2.17. The average molecular weight is 835 g/mol. The predicted octanol–water partition coefficient (Wildman–Crippen LogP) is 9.22. The number of nitrogens with one attached hydrogen (secondary N) is 2. The van der Waals surface area contributed by atoms with Crippen LogP contribution < -0.4 is 31.6 Å². The number of nitrogens with two attached hydrogens (primary N) is 2. The van der Waals surface area contributed by atoms with Crippen LogP contribution in [-0.2, 0) is 0 Å². The molecule has 61 heavy (non-hydrogen) atoms. The number of ether oxygens (including phenoxy) is 2. The highest BCUT2D eigenvalue weighted by Gasteiger charge is 2.33. The summed E-state index contributed by atoms with van der Waals surface area (Å²) in [5.41, 5.74) is 15.9. The van der Waals surface area contributed by atoms with Gasteiger partial charge >= 0.3 is 6.36 Å². The molecule has 0 spiro atoms. The van der Waals surface area contributed by atoms with E-state index < -0.39 is 23.7 Å². The molecule has 14 nitrogen and oxygen atoms in total. The lowest BCUT2D eigenvalue weighted by Gasteiger charge is -2.13. The van der Waals surface area contributed by atoms with Gasteiger partial charge in [-0.2, -0.15) is 28.7 Å². The molecule has 4 aromatic carbocycles. The van der Waals surface area contributed by atoms with Crippen molar-refractivity contribution in [3.63, 3.8) is 0 Å². The van der Waals surface area contributed by atoms with Crippen molar-refractivity contribution in [2.45, 2.75) is 43.9 Å². The number of para-hydroxylation sites is 4. The molecule has 0 radical (unpaired) electrons. The topological polar surface area (TPSA) is 182 Å². The van der Waals surface area contributed by atoms with Gasteiger partial charge in [-0.1, -0.05) is 24.3 Å². The molecule has 0 aliphatic heterocycles. The molecule has 0 atom stereocenters. The lowest BCUT2D eigenvalue weighted by atomic mass is 10.3. The van der Waals surface area contributed by atoms with Gasteiger partial charge in [0.15, 0.2) is 23.3 Å². The number of imidazole rings is 2. The molecule has 8 aromatic rings. The number of fused-ring (bicyclic) bond motifs is 2. The monoisotopic (exact) mass is 834 g/mol. The Balaban J connectivity index is 0.000000157. The Morgan fingerprint density at radius 1 is 0.574 bits per heavy atom. The zero-order chi connectivity index (χ0) is 42.4. The molecule has 19 heteroatoms. The number of methoxy groups -OCH3 is 1. The van der Waals surface area contributed by atoms with Crippen LogP contribution in [0, 0.1) is 11.6 Å². The van der Waals surface area contributed by atoms with E-state index in [1.54, 1.807) is 35.9 Å². The molecule has 2 fully saturated rings. The summed E-state index contributed by atoms with van der Waals surface area (Å²) in [7, 11) is 1.59. The highest BCUT2D eigenvalue weighted by molar-refractivity contribution is 5.79. The third-order valence-corrected chi connectivity index (χ3v) is 9.89. The zero-order valence-corrected chi connectivity index (χ0v) is 32.2. The molecular formula is C42H35F5N12O2. The van der Waals surface area contributed by atoms with Gasteiger partial charge in [0.05, 0.1) is 29.2 Å². The fraction of sp³-hybridized carbons (Fsp3) is 0.190. The number of rotatable bonds is 10. The van der Waals surface area contributed by atoms with Gasteiger partial charge in [-0.25, -0.2) is 9.97 Å². The first-order valence-corrected chi connectivity index (χ1v) is 19.1. The molecule has 2 aliphatic rings. The Morgan fingerprint density at radius 3 is 1.38 bits per heavy atom. The highest BCUT2D eigenvalue weighted by atomic mass is 19.4. The Kier molecular flexibility index (Phi) is 9.92. The second-order valence-corrected chi connectivity index (χ2v) is 14.3. The molecule has 0 saturated heterocycles. The van der Waals surface area contributed by atoms with Crippen molar-refractivity contribution in [3.05, 3.63) is 120 Å². The van der Waals surface area contributed by atoms with Gasteiger partial charge in [-0.15, -0.1) is 13.2 Å². The number of hydrogen-bond donors (Lipinski definition) is 4. The molecule has 2 aliphatic carbocycles. The van der Waals surface area contributed by atoms with Crippen molar-refractivity contribution < 1.29 is 31.4 Å². The van der Waals surface area contributed by atoms with E-state index in [0.717, 1.165) is 71.5 Å². The summed E-state index contributed by atoms with van der Waals surface area (Å²) in [6.45, 7) is 0. The molecule has 10 rings (SSSR count). The Bertz CT molecular complexity index is 2890. The fourth-order valence-corrected chi connectivity index (χ4v) is 6.70. The van der Waals surface area contributed by atoms with Crippen LogP contribution in [0.25, 0.3) is 34.0 Å². The molecule has 310 valence electrons. The van der Waals surface area contributed by atoms with E-state index >= 15 is 0 Å². The molecule has 0 unspecified atom stereocenters. The standard InChI is InChI=1S/C21H16F4N6O.C21H19FN6O/c22-16-17(26)29-20(31-15-4-2-1-3-14(15)28-19(31)11-5-6-11)30-18(16)27-12-7-9-13(10-8-12)32-21(23,24)25;1-29-14-10-8-13(9-11-14)24-19-17(22)18(23)26-21(27-19)28-16-5-3-2-4-15(16)25-20(28)12-6-7-12/h1-4,7-11H,5-6H2,(H3,26,27,29,30);2-5,8-12H,6-7H2,1H3,(H3,23,24,26,27). The van der Waals surface area contributed by atoms with Crippen LogP contribution >= 0.6 is 0 Å². The van der Waals surface area contributed by atoms with E-state index in [1.807, 2.05) is 53.1 Å². The third kappa shape index (κ3) is 8.21. The number of alkyl halides is 3. The van der Waals surface area contributed by atoms with E-state index in [9.17, 15) is 22.0 Å². The minimum atomic E-state index is -4.80. The zero-order valence-electron chi connectivity index (χ0n) is 32.2. The van der Waals surface area contributed by atoms with Crippen molar-refractivity contribution in [2.75, 3.05) is 29.2 Å². The SMILES string of the molecule is COc1ccc(Nc2nc(-n3c(C4CC4)nc4ccccc43)nc(N)c2F)cc1.Nc1nc(-n2c(C3CC3)nc3ccccc32)nc(Nc2ccc(OC(F)(F)F)cc2)c1F. The van der Waals surface area contributed by atoms with Crippen molar-refractivity contribution in [1.82, 2.24) is 39.0 Å². The van der Waals surface area contributed by atoms with Gasteiger partial charge in [0.1, 0.15) is 23.1 Å². The van der Waals surface area contributed by atoms with Crippen LogP contribution in [0.5, 0.6) is 11.5 Å². The molecule has 0 bridgehead atoms. The summed E-state index contributed by atoms with van der Waals surface area (Å²) in [6.07, 6.45) is -0.702. The van der Waals surface area contributed by atoms with Gasteiger partial charge < -0.3 is 31.6 Å². The second-order valence-electron chi connectivity index (χ2n) is 14.3. The number of hydrogen-bond acceptors (Lipinski definition) is 12. The van der Waals surface area contributed by atoms with Crippen LogP contribution in [0.15, 0.2) is 97.1 Å². The van der Waals surface area contributed by atoms with Gasteiger partial charge in [-0.05, 0) is 98.5 Å². The number of anilines is 6. The molecular weight excluding hydrogens is 800 g/mol. The van der Waals surface area contributed by atoms with Crippen LogP contribution in [0.2, 0.25) is 0 Å². The van der Waals surface area contributed by atoms with Crippen LogP contribution in [0.4, 0.5) is 56.6 Å². The van der Waals surface area contributed by atoms with Crippen molar-refractivity contribution in [2.24, 2.45) is 0 Å². The number of halogens is 5. The minimum Gasteiger partial charge on any atom is -0.497 e. The largest absolute Gasteiger partial charge is 0.573 e. The normalized spacial score (nSPS) is 13.8. The maximum absolute atomic E-state index is 14.7. The van der Waals surface area contributed by atoms with Crippen molar-refractivity contribution >= 4 is 56.7 Å². The number of benzene rings is 4. The minimum absolute atomic E-state index is 0.0113. The van der Waals surface area contributed by atoms with E-state index in [4.69, 9.17) is 21.2 Å². The Labute approximate surface area is 343 Å². The maximum atomic E-state index is 14.7. The Hall–Kier alpha value is -7.57. The number of nitrogen functional groups attached to an aromatic ring is 2. The summed E-state index contributed by atoms with van der Waals surface area (Å²) in [6, 6.07) is 27.2. The first-order valence-electron chi connectivity index (χ1n) is 19.1. The van der Waals surface area contributed by atoms with Gasteiger partial charge in [0.25, 0.3) is 0 Å². The van der Waals surface area contributed by atoms with Gasteiger partial charge in [0, 0.05) is 23.2 Å². The van der Waals surface area contributed by atoms with E-state index in [0.29, 0.717) is 29.0 Å². The van der Waals surface area contributed by atoms with E-state index in [-0.39, 0.29) is 35.1 Å². The lowest BCUT2D eigenvalue weighted by molar-refractivity contribution is -0.274. The molecule has 0 amide bonds. The molecule has 4 aromatic heterocycles. The summed E-state index contributed by atoms with van der Waals surface area (Å²) in [5.74, 6) is 0.685. The van der Waals surface area contributed by atoms with E-state index in [2.05, 4.69) is 40.3 Å². The van der Waals surface area contributed by atoms with Crippen molar-refractivity contribution in [1.29, 1.82) is 0 Å². The first-order chi connectivity index (χ1) is 29.4. The summed E-state index contributed by atoms with van der Waals surface area (Å²) >= 11 is 0. The molecule has 2 saturated carbocycles. The Morgan fingerprint density at radius 2 is 0.984 bits per heavy atom. The number of aromatic nitrogens is 8. The fourth-order valence-electron chi connectivity index (χ4n) is 6.70. The number of nitrogens with zero attached hydrogens (tertiary/aromatic N) is 8. The quantitative estimate of drug-likeness (QED) is 0.0961. The smallest absolute Gasteiger partial charge is 0.497 e. The van der Waals surface area contributed by atoms with Crippen LogP contribution in [0.3, 0.4) is 0 Å². The van der Waals surface area contributed by atoms with Crippen molar-refractivity contribution in [3.8, 4) is 23.4 Å². The summed E-state index contributed by atoms with van der Waals surface area (Å²) < 4.78 is 79.0. The van der Waals surface area contributed by atoms with Crippen LogP contribution in [0.1, 0.15) is 49.2 Å². The molecule has 6 N–H and O–H groups in total. The molecule has 4 heterocycles.